The second-order valence-electron chi connectivity index (χ2n) is 7.01. The fourth-order valence-corrected chi connectivity index (χ4v) is 2.39. The predicted octanol–water partition coefficient (Wildman–Crippen LogP) is 5.95. The molecule has 1 aromatic rings. The Balaban J connectivity index is 3.23. The van der Waals surface area contributed by atoms with Crippen LogP contribution in [0.1, 0.15) is 78.7 Å². The average molecular weight is 369 g/mol. The van der Waals surface area contributed by atoms with Gasteiger partial charge in [0.2, 0.25) is 0 Å². The highest BCUT2D eigenvalue weighted by molar-refractivity contribution is 5.54. The first-order chi connectivity index (χ1) is 12.5. The average Bonchev–Trinajstić information content (AvgIpc) is 2.63. The molecular weight excluding hydrogens is 332 g/mol. The number of rotatable bonds is 14. The lowest BCUT2D eigenvalue weighted by Gasteiger charge is -2.26. The van der Waals surface area contributed by atoms with Crippen molar-refractivity contribution in [2.45, 2.75) is 78.7 Å². The predicted molar refractivity (Wildman–Crippen MR) is 104 cm³/mol. The zero-order valence-corrected chi connectivity index (χ0v) is 17.1. The largest absolute Gasteiger partial charge is 0.493 e. The van der Waals surface area contributed by atoms with Gasteiger partial charge in [0.05, 0.1) is 19.8 Å². The van der Waals surface area contributed by atoms with E-state index in [9.17, 15) is 5.26 Å². The van der Waals surface area contributed by atoms with E-state index in [1.807, 2.05) is 12.1 Å². The van der Waals surface area contributed by atoms with Gasteiger partial charge < -0.3 is 14.2 Å². The lowest BCUT2D eigenvalue weighted by Crippen LogP contribution is -2.22. The normalized spacial score (nSPS) is 11.5. The second kappa shape index (κ2) is 12.0. The van der Waals surface area contributed by atoms with Gasteiger partial charge >= 0.3 is 0 Å². The Labute approximate surface area is 158 Å². The van der Waals surface area contributed by atoms with Crippen LogP contribution in [0.5, 0.6) is 17.2 Å². The summed E-state index contributed by atoms with van der Waals surface area (Å²) in [7, 11) is 0. The van der Waals surface area contributed by atoms with Crippen LogP contribution in [0.15, 0.2) is 12.1 Å². The summed E-state index contributed by atoms with van der Waals surface area (Å²) in [6, 6.07) is 3.75. The van der Waals surface area contributed by atoms with Gasteiger partial charge in [0.1, 0.15) is 11.4 Å². The molecule has 1 N–H and O–H groups in total. The molecule has 0 saturated carbocycles. The second-order valence-corrected chi connectivity index (χ2v) is 7.01. The molecule has 0 fully saturated rings. The van der Waals surface area contributed by atoms with E-state index in [1.54, 1.807) is 13.8 Å². The Morgan fingerprint density at radius 2 is 1.35 bits per heavy atom. The van der Waals surface area contributed by atoms with Gasteiger partial charge in [-0.25, -0.2) is 4.89 Å². The summed E-state index contributed by atoms with van der Waals surface area (Å²) in [4.78, 5) is 4.74. The lowest BCUT2D eigenvalue weighted by atomic mass is 9.96. The quantitative estimate of drug-likeness (QED) is 0.250. The molecule has 1 aromatic carbocycles. The van der Waals surface area contributed by atoms with Gasteiger partial charge in [-0.1, -0.05) is 40.0 Å². The third-order valence-corrected chi connectivity index (χ3v) is 4.17. The summed E-state index contributed by atoms with van der Waals surface area (Å²) in [5, 5.41) is 9.42. The Bertz CT molecular complexity index is 513. The molecule has 5 nitrogen and oxygen atoms in total. The first-order valence-electron chi connectivity index (χ1n) is 9.89. The fraction of sp³-hybridized carbons (Fsp3) is 0.714. The molecule has 0 aromatic heterocycles. The van der Waals surface area contributed by atoms with Crippen LogP contribution in [0.4, 0.5) is 0 Å². The lowest BCUT2D eigenvalue weighted by molar-refractivity contribution is -0.318. The summed E-state index contributed by atoms with van der Waals surface area (Å²) >= 11 is 0. The number of hydrogen-bond acceptors (Lipinski definition) is 5. The molecule has 0 unspecified atom stereocenters. The fourth-order valence-electron chi connectivity index (χ4n) is 2.39. The summed E-state index contributed by atoms with van der Waals surface area (Å²) < 4.78 is 17.9. The monoisotopic (exact) mass is 368 g/mol. The molecule has 1 rings (SSSR count). The third kappa shape index (κ3) is 7.04. The van der Waals surface area contributed by atoms with Gasteiger partial charge in [0.15, 0.2) is 11.5 Å². The van der Waals surface area contributed by atoms with Crippen LogP contribution in [0, 0.1) is 0 Å². The van der Waals surface area contributed by atoms with Gasteiger partial charge in [-0.2, -0.15) is 0 Å². The van der Waals surface area contributed by atoms with Crippen molar-refractivity contribution in [1.29, 1.82) is 0 Å². The Kier molecular flexibility index (Phi) is 10.4. The first-order valence-corrected chi connectivity index (χ1v) is 9.89. The first kappa shape index (κ1) is 22.6. The van der Waals surface area contributed by atoms with E-state index in [0.29, 0.717) is 37.1 Å². The summed E-state index contributed by atoms with van der Waals surface area (Å²) in [5.74, 6) is 1.97. The number of unbranched alkanes of at least 4 members (excludes halogenated alkanes) is 3. The van der Waals surface area contributed by atoms with Gasteiger partial charge in [0.25, 0.3) is 0 Å². The third-order valence-electron chi connectivity index (χ3n) is 4.17. The molecule has 0 spiro atoms. The van der Waals surface area contributed by atoms with Crippen molar-refractivity contribution in [3.63, 3.8) is 0 Å². The molecule has 0 aliphatic carbocycles. The Morgan fingerprint density at radius 3 is 1.88 bits per heavy atom. The van der Waals surface area contributed by atoms with Crippen LogP contribution in [0.2, 0.25) is 0 Å². The topological polar surface area (TPSA) is 57.2 Å². The van der Waals surface area contributed by atoms with Gasteiger partial charge in [0, 0.05) is 11.6 Å². The number of hydrogen-bond donors (Lipinski definition) is 1. The standard InChI is InChI=1S/C21H36O5/c1-6-9-12-23-17-15-18(21(4,5)26-22)20(25-14-11-8-3)19(16-17)24-13-10-7-2/h15-16,22H,6-14H2,1-5H3. The molecule has 0 atom stereocenters. The molecule has 5 heteroatoms. The van der Waals surface area contributed by atoms with E-state index >= 15 is 0 Å². The van der Waals surface area contributed by atoms with Crippen LogP contribution in [-0.2, 0) is 10.5 Å². The molecule has 0 aliphatic rings. The maximum Gasteiger partial charge on any atom is 0.167 e. The van der Waals surface area contributed by atoms with Crippen LogP contribution < -0.4 is 14.2 Å². The van der Waals surface area contributed by atoms with E-state index in [0.717, 1.165) is 44.1 Å². The molecule has 0 radical (unpaired) electrons. The molecule has 0 heterocycles. The molecule has 0 bridgehead atoms. The summed E-state index contributed by atoms with van der Waals surface area (Å²) in [6.07, 6.45) is 6.05. The van der Waals surface area contributed by atoms with Crippen molar-refractivity contribution in [2.24, 2.45) is 0 Å². The molecule has 0 aliphatic heterocycles. The highest BCUT2D eigenvalue weighted by Crippen LogP contribution is 2.42. The molecule has 0 amide bonds. The highest BCUT2D eigenvalue weighted by atomic mass is 17.1. The summed E-state index contributed by atoms with van der Waals surface area (Å²) in [5.41, 5.74) is -0.217. The van der Waals surface area contributed by atoms with Crippen LogP contribution in [0.25, 0.3) is 0 Å². The molecular formula is C21H36O5. The van der Waals surface area contributed by atoms with Crippen molar-refractivity contribution in [3.8, 4) is 17.2 Å². The van der Waals surface area contributed by atoms with Crippen molar-refractivity contribution < 1.29 is 24.4 Å². The van der Waals surface area contributed by atoms with Gasteiger partial charge in [-0.3, -0.25) is 5.26 Å². The smallest absolute Gasteiger partial charge is 0.167 e. The van der Waals surface area contributed by atoms with Crippen LogP contribution >= 0.6 is 0 Å². The maximum atomic E-state index is 9.42. The minimum absolute atomic E-state index is 0.588. The zero-order valence-electron chi connectivity index (χ0n) is 17.1. The number of ether oxygens (including phenoxy) is 3. The van der Waals surface area contributed by atoms with E-state index in [-0.39, 0.29) is 0 Å². The van der Waals surface area contributed by atoms with Crippen molar-refractivity contribution in [2.75, 3.05) is 19.8 Å². The van der Waals surface area contributed by atoms with Gasteiger partial charge in [-0.05, 0) is 39.2 Å². The molecule has 150 valence electrons. The zero-order chi connectivity index (χ0) is 19.4. The van der Waals surface area contributed by atoms with E-state index in [1.165, 1.54) is 0 Å². The van der Waals surface area contributed by atoms with Crippen molar-refractivity contribution in [3.05, 3.63) is 17.7 Å². The van der Waals surface area contributed by atoms with E-state index < -0.39 is 5.60 Å². The van der Waals surface area contributed by atoms with Crippen LogP contribution in [-0.4, -0.2) is 25.1 Å². The Hall–Kier alpha value is -1.46. The molecule has 26 heavy (non-hydrogen) atoms. The van der Waals surface area contributed by atoms with E-state index in [2.05, 4.69) is 20.8 Å². The maximum absolute atomic E-state index is 9.42. The number of benzene rings is 1. The summed E-state index contributed by atoms with van der Waals surface area (Å²) in [6.45, 7) is 11.8. The van der Waals surface area contributed by atoms with Crippen molar-refractivity contribution in [1.82, 2.24) is 0 Å². The highest BCUT2D eigenvalue weighted by Gasteiger charge is 2.29. The van der Waals surface area contributed by atoms with Crippen LogP contribution in [0.3, 0.4) is 0 Å². The van der Waals surface area contributed by atoms with E-state index in [4.69, 9.17) is 19.1 Å². The molecule has 0 saturated heterocycles. The Morgan fingerprint density at radius 1 is 0.808 bits per heavy atom. The minimum atomic E-state index is -0.936. The SMILES string of the molecule is CCCCOc1cc(OCCCC)c(OCCCC)c(C(C)(C)OO)c1. The van der Waals surface area contributed by atoms with Gasteiger partial charge in [-0.15, -0.1) is 0 Å². The van der Waals surface area contributed by atoms with Crippen molar-refractivity contribution >= 4 is 0 Å². The minimum Gasteiger partial charge on any atom is -0.493 e.